The Morgan fingerprint density at radius 1 is 0.591 bits per heavy atom. The smallest absolute Gasteiger partial charge is 0.131 e. The molecule has 0 fully saturated rings. The summed E-state index contributed by atoms with van der Waals surface area (Å²) < 4.78 is 27.5. The molecule has 2 aromatic rings. The molecule has 0 saturated carbocycles. The maximum Gasteiger partial charge on any atom is 0.131 e. The van der Waals surface area contributed by atoms with E-state index >= 15 is 0 Å². The second-order valence-corrected chi connectivity index (χ2v) is 5.49. The van der Waals surface area contributed by atoms with E-state index in [2.05, 4.69) is 0 Å². The van der Waals surface area contributed by atoms with Crippen LogP contribution in [0, 0.1) is 0 Å². The van der Waals surface area contributed by atoms with Gasteiger partial charge in [-0.15, -0.1) is 0 Å². The molecule has 0 saturated heterocycles. The zero-order valence-electron chi connectivity index (χ0n) is 12.8. The Bertz CT molecular complexity index is 520. The van der Waals surface area contributed by atoms with E-state index in [1.807, 2.05) is 60.7 Å². The number of hydrogen-bond donors (Lipinski definition) is 0. The van der Waals surface area contributed by atoms with Gasteiger partial charge in [0.05, 0.1) is 0 Å². The summed E-state index contributed by atoms with van der Waals surface area (Å²) in [4.78, 5) is 0. The lowest BCUT2D eigenvalue weighted by atomic mass is 10.1. The molecule has 0 radical (unpaired) electrons. The van der Waals surface area contributed by atoms with Gasteiger partial charge in [-0.3, -0.25) is 0 Å². The minimum Gasteiger partial charge on any atom is -0.209 e. The van der Waals surface area contributed by atoms with E-state index in [-0.39, 0.29) is 12.8 Å². The van der Waals surface area contributed by atoms with Gasteiger partial charge in [0.25, 0.3) is 0 Å². The van der Waals surface area contributed by atoms with Gasteiger partial charge in [0.1, 0.15) is 11.7 Å². The van der Waals surface area contributed by atoms with Crippen molar-refractivity contribution in [3.05, 3.63) is 83.4 Å². The minimum atomic E-state index is -0.580. The first-order valence-corrected chi connectivity index (χ1v) is 7.86. The fourth-order valence-electron chi connectivity index (χ4n) is 2.46. The van der Waals surface area contributed by atoms with Gasteiger partial charge in [-0.25, -0.2) is 8.78 Å². The van der Waals surface area contributed by atoms with E-state index in [0.717, 1.165) is 12.8 Å². The molecule has 0 heterocycles. The number of benzene rings is 2. The molecule has 0 atom stereocenters. The molecule has 0 nitrogen and oxygen atoms in total. The fourth-order valence-corrected chi connectivity index (χ4v) is 2.46. The number of hydrogen-bond acceptors (Lipinski definition) is 0. The van der Waals surface area contributed by atoms with E-state index in [4.69, 9.17) is 0 Å². The quantitative estimate of drug-likeness (QED) is 0.546. The van der Waals surface area contributed by atoms with Crippen LogP contribution in [0.2, 0.25) is 0 Å². The summed E-state index contributed by atoms with van der Waals surface area (Å²) in [5, 5.41) is 0. The first-order valence-electron chi connectivity index (χ1n) is 7.86. The maximum atomic E-state index is 13.7. The zero-order chi connectivity index (χ0) is 15.6. The maximum absolute atomic E-state index is 13.7. The van der Waals surface area contributed by atoms with Crippen LogP contribution >= 0.6 is 0 Å². The average Bonchev–Trinajstić information content (AvgIpc) is 2.56. The van der Waals surface area contributed by atoms with Crippen molar-refractivity contribution in [3.8, 4) is 0 Å². The number of allylic oxidation sites excluding steroid dienone is 2. The van der Waals surface area contributed by atoms with Crippen molar-refractivity contribution < 1.29 is 8.78 Å². The molecule has 2 rings (SSSR count). The third-order valence-corrected chi connectivity index (χ3v) is 3.70. The van der Waals surface area contributed by atoms with Gasteiger partial charge >= 0.3 is 0 Å². The summed E-state index contributed by atoms with van der Waals surface area (Å²) in [6, 6.07) is 19.8. The normalized spacial score (nSPS) is 12.1. The molecule has 0 aliphatic heterocycles. The van der Waals surface area contributed by atoms with Gasteiger partial charge < -0.3 is 0 Å². The monoisotopic (exact) mass is 300 g/mol. The Kier molecular flexibility index (Phi) is 6.82. The van der Waals surface area contributed by atoms with Gasteiger partial charge in [0.2, 0.25) is 0 Å². The second kappa shape index (κ2) is 9.14. The Hall–Kier alpha value is -1.96. The van der Waals surface area contributed by atoms with Crippen LogP contribution in [-0.2, 0) is 12.8 Å². The lowest BCUT2D eigenvalue weighted by molar-refractivity contribution is 0.474. The molecule has 22 heavy (non-hydrogen) atoms. The standard InChI is InChI=1S/C20H22F2/c21-19(15-7-13-17-9-3-1-4-10-17)20(22)16-8-14-18-11-5-2-6-12-18/h1-6,9-12H,7-8,13-16H2/b20-19-. The Balaban J connectivity index is 1.70. The molecule has 116 valence electrons. The van der Waals surface area contributed by atoms with Crippen molar-refractivity contribution in [1.29, 1.82) is 0 Å². The molecule has 2 heteroatoms. The van der Waals surface area contributed by atoms with Crippen LogP contribution in [0.4, 0.5) is 8.78 Å². The SMILES string of the molecule is F/C(CCCc1ccccc1)=C(\F)CCCc1ccccc1. The topological polar surface area (TPSA) is 0 Å². The molecule has 0 aromatic heterocycles. The molecular weight excluding hydrogens is 278 g/mol. The lowest BCUT2D eigenvalue weighted by Gasteiger charge is -2.03. The summed E-state index contributed by atoms with van der Waals surface area (Å²) in [6.07, 6.45) is 3.22. The molecular formula is C20H22F2. The van der Waals surface area contributed by atoms with Crippen LogP contribution in [0.15, 0.2) is 72.3 Å². The summed E-state index contributed by atoms with van der Waals surface area (Å²) in [6.45, 7) is 0. The molecule has 0 aliphatic rings. The molecule has 0 unspecified atom stereocenters. The second-order valence-electron chi connectivity index (χ2n) is 5.49. The molecule has 0 bridgehead atoms. The van der Waals surface area contributed by atoms with Gasteiger partial charge in [-0.2, -0.15) is 0 Å². The average molecular weight is 300 g/mol. The minimum absolute atomic E-state index is 0.187. The van der Waals surface area contributed by atoms with Crippen molar-refractivity contribution >= 4 is 0 Å². The van der Waals surface area contributed by atoms with Crippen molar-refractivity contribution in [2.24, 2.45) is 0 Å². The highest BCUT2D eigenvalue weighted by molar-refractivity contribution is 5.16. The predicted molar refractivity (Wildman–Crippen MR) is 88.0 cm³/mol. The molecule has 0 amide bonds. The first kappa shape index (κ1) is 16.4. The van der Waals surface area contributed by atoms with E-state index in [0.29, 0.717) is 12.8 Å². The van der Waals surface area contributed by atoms with Crippen LogP contribution in [0.5, 0.6) is 0 Å². The number of aryl methyl sites for hydroxylation is 2. The molecule has 0 spiro atoms. The Morgan fingerprint density at radius 2 is 0.955 bits per heavy atom. The largest absolute Gasteiger partial charge is 0.209 e. The molecule has 0 N–H and O–H groups in total. The van der Waals surface area contributed by atoms with Gasteiger partial charge in [-0.05, 0) is 36.8 Å². The van der Waals surface area contributed by atoms with E-state index in [1.165, 1.54) is 11.1 Å². The van der Waals surface area contributed by atoms with Gasteiger partial charge in [0.15, 0.2) is 0 Å². The highest BCUT2D eigenvalue weighted by atomic mass is 19.2. The zero-order valence-corrected chi connectivity index (χ0v) is 12.8. The molecule has 0 aliphatic carbocycles. The lowest BCUT2D eigenvalue weighted by Crippen LogP contribution is -1.90. The highest BCUT2D eigenvalue weighted by Crippen LogP contribution is 2.20. The van der Waals surface area contributed by atoms with Crippen LogP contribution in [0.1, 0.15) is 36.8 Å². The fraction of sp³-hybridized carbons (Fsp3) is 0.300. The van der Waals surface area contributed by atoms with Crippen LogP contribution in [0.3, 0.4) is 0 Å². The van der Waals surface area contributed by atoms with E-state index in [1.54, 1.807) is 0 Å². The van der Waals surface area contributed by atoms with Crippen LogP contribution < -0.4 is 0 Å². The molecule has 2 aromatic carbocycles. The first-order chi connectivity index (χ1) is 10.8. The van der Waals surface area contributed by atoms with Gasteiger partial charge in [0, 0.05) is 12.8 Å². The summed E-state index contributed by atoms with van der Waals surface area (Å²) in [7, 11) is 0. The summed E-state index contributed by atoms with van der Waals surface area (Å²) in [5.41, 5.74) is 2.33. The van der Waals surface area contributed by atoms with Crippen molar-refractivity contribution in [2.45, 2.75) is 38.5 Å². The van der Waals surface area contributed by atoms with Crippen molar-refractivity contribution in [3.63, 3.8) is 0 Å². The van der Waals surface area contributed by atoms with Crippen LogP contribution in [0.25, 0.3) is 0 Å². The third-order valence-electron chi connectivity index (χ3n) is 3.70. The van der Waals surface area contributed by atoms with Crippen LogP contribution in [-0.4, -0.2) is 0 Å². The summed E-state index contributed by atoms with van der Waals surface area (Å²) >= 11 is 0. The van der Waals surface area contributed by atoms with Crippen molar-refractivity contribution in [2.75, 3.05) is 0 Å². The van der Waals surface area contributed by atoms with Gasteiger partial charge in [-0.1, -0.05) is 60.7 Å². The third kappa shape index (κ3) is 5.80. The van der Waals surface area contributed by atoms with E-state index in [9.17, 15) is 8.78 Å². The number of halogens is 2. The Labute approximate surface area is 131 Å². The van der Waals surface area contributed by atoms with Crippen molar-refractivity contribution in [1.82, 2.24) is 0 Å². The number of rotatable bonds is 8. The highest BCUT2D eigenvalue weighted by Gasteiger charge is 2.06. The van der Waals surface area contributed by atoms with E-state index < -0.39 is 11.7 Å². The summed E-state index contributed by atoms with van der Waals surface area (Å²) in [5.74, 6) is -1.16. The Morgan fingerprint density at radius 3 is 1.32 bits per heavy atom. The predicted octanol–water partition coefficient (Wildman–Crippen LogP) is 6.18.